The van der Waals surface area contributed by atoms with Crippen molar-refractivity contribution in [2.75, 3.05) is 5.32 Å². The minimum Gasteiger partial charge on any atom is -0.489 e. The second-order valence-electron chi connectivity index (χ2n) is 6.17. The molecule has 28 heavy (non-hydrogen) atoms. The van der Waals surface area contributed by atoms with Crippen LogP contribution >= 0.6 is 12.2 Å². The molecule has 0 spiro atoms. The summed E-state index contributed by atoms with van der Waals surface area (Å²) in [5, 5.41) is 5.88. The molecule has 3 aromatic carbocycles. The predicted molar refractivity (Wildman–Crippen MR) is 112 cm³/mol. The minimum atomic E-state index is -0.332. The molecule has 6 heteroatoms. The first-order chi connectivity index (χ1) is 13.5. The standard InChI is InChI=1S/C22H19FN2O2S/c1-15-6-10-18(11-7-15)24-22(28)25-21(26)20-5-3-2-4-16(20)14-27-19-12-8-17(23)9-13-19/h2-13H,14H2,1H3,(H2,24,25,26,28). The van der Waals surface area contributed by atoms with Gasteiger partial charge in [-0.15, -0.1) is 0 Å². The molecule has 0 unspecified atom stereocenters. The average molecular weight is 394 g/mol. The van der Waals surface area contributed by atoms with E-state index in [-0.39, 0.29) is 23.4 Å². The number of carbonyl (C=O) groups excluding carboxylic acids is 1. The van der Waals surface area contributed by atoms with Crippen LogP contribution in [-0.2, 0) is 6.61 Å². The van der Waals surface area contributed by atoms with E-state index >= 15 is 0 Å². The third-order valence-electron chi connectivity index (χ3n) is 4.01. The molecule has 0 atom stereocenters. The van der Waals surface area contributed by atoms with Crippen LogP contribution in [0.3, 0.4) is 0 Å². The molecule has 0 aromatic heterocycles. The first-order valence-electron chi connectivity index (χ1n) is 8.66. The Morgan fingerprint density at radius 2 is 1.68 bits per heavy atom. The SMILES string of the molecule is Cc1ccc(NC(=S)NC(=O)c2ccccc2COc2ccc(F)cc2)cc1. The van der Waals surface area contributed by atoms with Crippen molar-refractivity contribution in [2.45, 2.75) is 13.5 Å². The fraction of sp³-hybridized carbons (Fsp3) is 0.0909. The van der Waals surface area contributed by atoms with Gasteiger partial charge in [0.25, 0.3) is 5.91 Å². The van der Waals surface area contributed by atoms with E-state index in [2.05, 4.69) is 10.6 Å². The summed E-state index contributed by atoms with van der Waals surface area (Å²) in [6.07, 6.45) is 0. The topological polar surface area (TPSA) is 50.4 Å². The fourth-order valence-corrected chi connectivity index (χ4v) is 2.74. The molecule has 3 aromatic rings. The Kier molecular flexibility index (Phi) is 6.34. The van der Waals surface area contributed by atoms with Crippen molar-refractivity contribution < 1.29 is 13.9 Å². The van der Waals surface area contributed by atoms with Crippen LogP contribution in [0.2, 0.25) is 0 Å². The van der Waals surface area contributed by atoms with Gasteiger partial charge in [0.1, 0.15) is 18.2 Å². The minimum absolute atomic E-state index is 0.174. The van der Waals surface area contributed by atoms with Gasteiger partial charge < -0.3 is 10.1 Å². The van der Waals surface area contributed by atoms with Crippen molar-refractivity contribution in [3.8, 4) is 5.75 Å². The number of thiocarbonyl (C=S) groups is 1. The van der Waals surface area contributed by atoms with E-state index in [1.807, 2.05) is 37.3 Å². The Hall–Kier alpha value is -3.25. The highest BCUT2D eigenvalue weighted by Gasteiger charge is 2.13. The summed E-state index contributed by atoms with van der Waals surface area (Å²) < 4.78 is 18.6. The van der Waals surface area contributed by atoms with E-state index in [4.69, 9.17) is 17.0 Å². The summed E-state index contributed by atoms with van der Waals surface area (Å²) in [7, 11) is 0. The molecule has 1 amide bonds. The molecular formula is C22H19FN2O2S. The molecule has 0 aliphatic carbocycles. The number of hydrogen-bond donors (Lipinski definition) is 2. The summed E-state index contributed by atoms with van der Waals surface area (Å²) in [5.74, 6) is -0.141. The molecule has 4 nitrogen and oxygen atoms in total. The Morgan fingerprint density at radius 3 is 2.39 bits per heavy atom. The lowest BCUT2D eigenvalue weighted by atomic mass is 10.1. The van der Waals surface area contributed by atoms with Crippen LogP contribution < -0.4 is 15.4 Å². The van der Waals surface area contributed by atoms with Gasteiger partial charge in [0, 0.05) is 16.8 Å². The Morgan fingerprint density at radius 1 is 1.00 bits per heavy atom. The van der Waals surface area contributed by atoms with Crippen molar-refractivity contribution >= 4 is 28.9 Å². The maximum Gasteiger partial charge on any atom is 0.257 e. The molecule has 142 valence electrons. The maximum absolute atomic E-state index is 13.0. The number of nitrogens with one attached hydrogen (secondary N) is 2. The average Bonchev–Trinajstić information content (AvgIpc) is 2.69. The zero-order valence-corrected chi connectivity index (χ0v) is 16.1. The largest absolute Gasteiger partial charge is 0.489 e. The molecule has 0 saturated carbocycles. The number of carbonyl (C=O) groups is 1. The van der Waals surface area contributed by atoms with E-state index in [0.29, 0.717) is 16.9 Å². The van der Waals surface area contributed by atoms with Gasteiger partial charge in [0.05, 0.1) is 0 Å². The van der Waals surface area contributed by atoms with Gasteiger partial charge in [-0.25, -0.2) is 4.39 Å². The zero-order chi connectivity index (χ0) is 19.9. The lowest BCUT2D eigenvalue weighted by Crippen LogP contribution is -2.34. The quantitative estimate of drug-likeness (QED) is 0.608. The zero-order valence-electron chi connectivity index (χ0n) is 15.2. The molecule has 2 N–H and O–H groups in total. The Balaban J connectivity index is 1.63. The number of hydrogen-bond acceptors (Lipinski definition) is 3. The number of halogens is 1. The molecular weight excluding hydrogens is 375 g/mol. The van der Waals surface area contributed by atoms with Crippen LogP contribution in [0.25, 0.3) is 0 Å². The van der Waals surface area contributed by atoms with Crippen LogP contribution in [0.1, 0.15) is 21.5 Å². The van der Waals surface area contributed by atoms with Crippen molar-refractivity contribution in [3.63, 3.8) is 0 Å². The second kappa shape index (κ2) is 9.10. The smallest absolute Gasteiger partial charge is 0.257 e. The number of aryl methyl sites for hydroxylation is 1. The summed E-state index contributed by atoms with van der Waals surface area (Å²) in [6.45, 7) is 2.17. The molecule has 0 fully saturated rings. The van der Waals surface area contributed by atoms with Crippen LogP contribution in [-0.4, -0.2) is 11.0 Å². The van der Waals surface area contributed by atoms with Gasteiger partial charge in [-0.2, -0.15) is 0 Å². The highest BCUT2D eigenvalue weighted by Crippen LogP contribution is 2.16. The van der Waals surface area contributed by atoms with Crippen LogP contribution in [0.15, 0.2) is 72.8 Å². The van der Waals surface area contributed by atoms with Gasteiger partial charge in [-0.3, -0.25) is 10.1 Å². The van der Waals surface area contributed by atoms with Crippen molar-refractivity contribution in [3.05, 3.63) is 95.3 Å². The lowest BCUT2D eigenvalue weighted by molar-refractivity contribution is 0.0975. The third kappa shape index (κ3) is 5.37. The number of rotatable bonds is 5. The monoisotopic (exact) mass is 394 g/mol. The van der Waals surface area contributed by atoms with Crippen LogP contribution in [0.4, 0.5) is 10.1 Å². The van der Waals surface area contributed by atoms with Gasteiger partial charge >= 0.3 is 0 Å². The van der Waals surface area contributed by atoms with E-state index in [1.165, 1.54) is 12.1 Å². The number of ether oxygens (including phenoxy) is 1. The Bertz CT molecular complexity index is 973. The first-order valence-corrected chi connectivity index (χ1v) is 9.07. The maximum atomic E-state index is 13.0. The normalized spacial score (nSPS) is 10.2. The summed E-state index contributed by atoms with van der Waals surface area (Å²) in [5.41, 5.74) is 3.08. The number of benzene rings is 3. The highest BCUT2D eigenvalue weighted by atomic mass is 32.1. The molecule has 0 aliphatic rings. The fourth-order valence-electron chi connectivity index (χ4n) is 2.53. The molecule has 3 rings (SSSR count). The van der Waals surface area contributed by atoms with Gasteiger partial charge in [-0.1, -0.05) is 35.9 Å². The van der Waals surface area contributed by atoms with Crippen LogP contribution in [0, 0.1) is 12.7 Å². The molecule has 0 heterocycles. The van der Waals surface area contributed by atoms with E-state index in [1.54, 1.807) is 30.3 Å². The molecule has 0 aliphatic heterocycles. The van der Waals surface area contributed by atoms with Gasteiger partial charge in [0.15, 0.2) is 5.11 Å². The van der Waals surface area contributed by atoms with Crippen molar-refractivity contribution in [1.29, 1.82) is 0 Å². The number of anilines is 1. The van der Waals surface area contributed by atoms with E-state index < -0.39 is 0 Å². The highest BCUT2D eigenvalue weighted by molar-refractivity contribution is 7.80. The van der Waals surface area contributed by atoms with E-state index in [0.717, 1.165) is 11.3 Å². The van der Waals surface area contributed by atoms with Crippen molar-refractivity contribution in [1.82, 2.24) is 5.32 Å². The summed E-state index contributed by atoms with van der Waals surface area (Å²) in [4.78, 5) is 12.6. The molecule has 0 radical (unpaired) electrons. The molecule has 0 bridgehead atoms. The van der Waals surface area contributed by atoms with Gasteiger partial charge in [-0.05, 0) is 61.6 Å². The molecule has 0 saturated heterocycles. The Labute approximate surface area is 168 Å². The lowest BCUT2D eigenvalue weighted by Gasteiger charge is -2.13. The van der Waals surface area contributed by atoms with Crippen LogP contribution in [0.5, 0.6) is 5.75 Å². The van der Waals surface area contributed by atoms with Crippen molar-refractivity contribution in [2.24, 2.45) is 0 Å². The first kappa shape index (κ1) is 19.5. The summed E-state index contributed by atoms with van der Waals surface area (Å²) >= 11 is 5.23. The third-order valence-corrected chi connectivity index (χ3v) is 4.21. The summed E-state index contributed by atoms with van der Waals surface area (Å²) in [6, 6.07) is 20.5. The predicted octanol–water partition coefficient (Wildman–Crippen LogP) is 4.84. The van der Waals surface area contributed by atoms with E-state index in [9.17, 15) is 9.18 Å². The second-order valence-corrected chi connectivity index (χ2v) is 6.58. The number of amides is 1. The van der Waals surface area contributed by atoms with Gasteiger partial charge in [0.2, 0.25) is 0 Å².